The quantitative estimate of drug-likeness (QED) is 0.920. The molecule has 0 radical (unpaired) electrons. The maximum Gasteiger partial charge on any atom is 0.257 e. The number of fused-ring (bicyclic) bond motifs is 1. The predicted octanol–water partition coefficient (Wildman–Crippen LogP) is 4.08. The SMILES string of the molecule is Cc1ncsc1C1Nc2ccc(Cl)cc2C(=O)N1CC1CC1. The van der Waals surface area contributed by atoms with Gasteiger partial charge in [0.2, 0.25) is 0 Å². The van der Waals surface area contributed by atoms with Crippen molar-refractivity contribution in [3.8, 4) is 0 Å². The first-order chi connectivity index (χ1) is 10.6. The highest BCUT2D eigenvalue weighted by molar-refractivity contribution is 7.09. The van der Waals surface area contributed by atoms with E-state index in [2.05, 4.69) is 10.3 Å². The van der Waals surface area contributed by atoms with Gasteiger partial charge in [-0.25, -0.2) is 4.98 Å². The molecule has 2 heterocycles. The average Bonchev–Trinajstić information content (AvgIpc) is 3.22. The van der Waals surface area contributed by atoms with Crippen LogP contribution < -0.4 is 5.32 Å². The van der Waals surface area contributed by atoms with Crippen LogP contribution >= 0.6 is 22.9 Å². The number of benzene rings is 1. The minimum atomic E-state index is -0.130. The summed E-state index contributed by atoms with van der Waals surface area (Å²) in [6.45, 7) is 2.78. The summed E-state index contributed by atoms with van der Waals surface area (Å²) >= 11 is 7.66. The van der Waals surface area contributed by atoms with Crippen LogP contribution in [-0.4, -0.2) is 22.3 Å². The summed E-state index contributed by atoms with van der Waals surface area (Å²) in [5, 5.41) is 4.09. The minimum Gasteiger partial charge on any atom is -0.360 e. The number of amides is 1. The molecule has 4 rings (SSSR count). The van der Waals surface area contributed by atoms with Gasteiger partial charge >= 0.3 is 0 Å². The molecule has 1 fully saturated rings. The lowest BCUT2D eigenvalue weighted by molar-refractivity contribution is 0.0675. The van der Waals surface area contributed by atoms with Crippen molar-refractivity contribution >= 4 is 34.5 Å². The Bertz CT molecular complexity index is 741. The molecule has 1 N–H and O–H groups in total. The topological polar surface area (TPSA) is 45.2 Å². The Morgan fingerprint density at radius 1 is 1.45 bits per heavy atom. The molecule has 4 nitrogen and oxygen atoms in total. The molecule has 6 heteroatoms. The Hall–Kier alpha value is -1.59. The van der Waals surface area contributed by atoms with Gasteiger partial charge in [0, 0.05) is 17.3 Å². The van der Waals surface area contributed by atoms with Crippen LogP contribution in [0.3, 0.4) is 0 Å². The van der Waals surface area contributed by atoms with Crippen LogP contribution in [0.4, 0.5) is 5.69 Å². The molecule has 1 aromatic carbocycles. The van der Waals surface area contributed by atoms with Crippen molar-refractivity contribution in [2.24, 2.45) is 5.92 Å². The van der Waals surface area contributed by atoms with Crippen LogP contribution in [0.1, 0.15) is 39.9 Å². The predicted molar refractivity (Wildman–Crippen MR) is 88.4 cm³/mol. The molecule has 1 amide bonds. The molecule has 0 spiro atoms. The third-order valence-corrected chi connectivity index (χ3v) is 5.48. The van der Waals surface area contributed by atoms with E-state index in [1.54, 1.807) is 17.4 Å². The van der Waals surface area contributed by atoms with Gasteiger partial charge in [-0.2, -0.15) is 0 Å². The van der Waals surface area contributed by atoms with Gasteiger partial charge in [0.05, 0.1) is 21.6 Å². The molecule has 22 heavy (non-hydrogen) atoms. The number of aromatic nitrogens is 1. The first-order valence-corrected chi connectivity index (χ1v) is 8.66. The Morgan fingerprint density at radius 2 is 2.27 bits per heavy atom. The second-order valence-electron chi connectivity index (χ2n) is 5.94. The molecule has 0 saturated heterocycles. The fourth-order valence-corrected chi connectivity index (χ4v) is 3.90. The molecule has 1 aliphatic heterocycles. The monoisotopic (exact) mass is 333 g/mol. The lowest BCUT2D eigenvalue weighted by Gasteiger charge is -2.37. The normalized spacial score (nSPS) is 20.7. The molecule has 1 aromatic heterocycles. The Balaban J connectivity index is 1.77. The van der Waals surface area contributed by atoms with Crippen molar-refractivity contribution < 1.29 is 4.79 Å². The molecule has 2 aromatic rings. The highest BCUT2D eigenvalue weighted by Gasteiger charge is 2.38. The third kappa shape index (κ3) is 2.38. The van der Waals surface area contributed by atoms with Crippen LogP contribution in [0.2, 0.25) is 5.02 Å². The van der Waals surface area contributed by atoms with E-state index in [0.29, 0.717) is 16.5 Å². The second-order valence-corrected chi connectivity index (χ2v) is 7.26. The average molecular weight is 334 g/mol. The van der Waals surface area contributed by atoms with Crippen LogP contribution in [0, 0.1) is 12.8 Å². The van der Waals surface area contributed by atoms with Crippen molar-refractivity contribution in [1.29, 1.82) is 0 Å². The number of carbonyl (C=O) groups is 1. The summed E-state index contributed by atoms with van der Waals surface area (Å²) < 4.78 is 0. The number of nitrogens with one attached hydrogen (secondary N) is 1. The van der Waals surface area contributed by atoms with Crippen molar-refractivity contribution in [2.45, 2.75) is 25.9 Å². The van der Waals surface area contributed by atoms with Gasteiger partial charge in [-0.05, 0) is 43.9 Å². The van der Waals surface area contributed by atoms with E-state index < -0.39 is 0 Å². The summed E-state index contributed by atoms with van der Waals surface area (Å²) in [7, 11) is 0. The van der Waals surface area contributed by atoms with E-state index in [0.717, 1.165) is 22.8 Å². The van der Waals surface area contributed by atoms with Crippen LogP contribution in [0.25, 0.3) is 0 Å². The molecule has 0 bridgehead atoms. The van der Waals surface area contributed by atoms with Gasteiger partial charge in [0.25, 0.3) is 5.91 Å². The van der Waals surface area contributed by atoms with Crippen molar-refractivity contribution in [3.05, 3.63) is 44.9 Å². The maximum atomic E-state index is 13.0. The van der Waals surface area contributed by atoms with Crippen molar-refractivity contribution in [2.75, 3.05) is 11.9 Å². The summed E-state index contributed by atoms with van der Waals surface area (Å²) in [6.07, 6.45) is 2.29. The highest BCUT2D eigenvalue weighted by Crippen LogP contribution is 2.40. The molecule has 1 aliphatic carbocycles. The number of hydrogen-bond donors (Lipinski definition) is 1. The highest BCUT2D eigenvalue weighted by atomic mass is 35.5. The Morgan fingerprint density at radius 3 is 2.95 bits per heavy atom. The fourth-order valence-electron chi connectivity index (χ4n) is 2.86. The molecule has 114 valence electrons. The number of thiazole rings is 1. The first kappa shape index (κ1) is 14.0. The van der Waals surface area contributed by atoms with E-state index in [1.807, 2.05) is 29.5 Å². The summed E-state index contributed by atoms with van der Waals surface area (Å²) in [5.74, 6) is 0.683. The molecule has 1 atom stereocenters. The van der Waals surface area contributed by atoms with E-state index >= 15 is 0 Å². The number of carbonyl (C=O) groups excluding carboxylic acids is 1. The van der Waals surface area contributed by atoms with E-state index in [1.165, 1.54) is 12.8 Å². The van der Waals surface area contributed by atoms with Crippen molar-refractivity contribution in [3.63, 3.8) is 0 Å². The standard InChI is InChI=1S/C16H16ClN3OS/c1-9-14(22-8-18-9)15-19-13-5-4-11(17)6-12(13)16(21)20(15)7-10-2-3-10/h4-6,8,10,15,19H,2-3,7H2,1H3. The summed E-state index contributed by atoms with van der Waals surface area (Å²) in [6, 6.07) is 5.45. The van der Waals surface area contributed by atoms with E-state index in [9.17, 15) is 4.79 Å². The zero-order valence-electron chi connectivity index (χ0n) is 12.2. The van der Waals surface area contributed by atoms with Crippen LogP contribution in [0.5, 0.6) is 0 Å². The van der Waals surface area contributed by atoms with E-state index in [-0.39, 0.29) is 12.1 Å². The van der Waals surface area contributed by atoms with Gasteiger partial charge in [-0.15, -0.1) is 11.3 Å². The summed E-state index contributed by atoms with van der Waals surface area (Å²) in [5.41, 5.74) is 4.32. The maximum absolute atomic E-state index is 13.0. The number of anilines is 1. The molecule has 1 saturated carbocycles. The number of nitrogens with zero attached hydrogens (tertiary/aromatic N) is 2. The lowest BCUT2D eigenvalue weighted by Crippen LogP contribution is -2.44. The Labute approximate surface area is 138 Å². The third-order valence-electron chi connectivity index (χ3n) is 4.26. The molecular weight excluding hydrogens is 318 g/mol. The molecule has 2 aliphatic rings. The number of rotatable bonds is 3. The zero-order valence-corrected chi connectivity index (χ0v) is 13.7. The largest absolute Gasteiger partial charge is 0.360 e. The lowest BCUT2D eigenvalue weighted by atomic mass is 10.1. The number of hydrogen-bond acceptors (Lipinski definition) is 4. The second kappa shape index (κ2) is 5.25. The molecule has 1 unspecified atom stereocenters. The van der Waals surface area contributed by atoms with Gasteiger partial charge in [-0.1, -0.05) is 11.6 Å². The number of halogens is 1. The van der Waals surface area contributed by atoms with Gasteiger partial charge in [0.15, 0.2) is 0 Å². The van der Waals surface area contributed by atoms with Gasteiger partial charge < -0.3 is 10.2 Å². The van der Waals surface area contributed by atoms with Gasteiger partial charge in [0.1, 0.15) is 6.17 Å². The number of aryl methyl sites for hydroxylation is 1. The summed E-state index contributed by atoms with van der Waals surface area (Å²) in [4.78, 5) is 20.3. The fraction of sp³-hybridized carbons (Fsp3) is 0.375. The first-order valence-electron chi connectivity index (χ1n) is 7.40. The molecular formula is C16H16ClN3OS. The zero-order chi connectivity index (χ0) is 15.3. The van der Waals surface area contributed by atoms with Crippen molar-refractivity contribution in [1.82, 2.24) is 9.88 Å². The van der Waals surface area contributed by atoms with Crippen LogP contribution in [-0.2, 0) is 0 Å². The Kier molecular flexibility index (Phi) is 3.35. The van der Waals surface area contributed by atoms with Crippen LogP contribution in [0.15, 0.2) is 23.7 Å². The smallest absolute Gasteiger partial charge is 0.257 e. The van der Waals surface area contributed by atoms with Gasteiger partial charge in [-0.3, -0.25) is 4.79 Å². The van der Waals surface area contributed by atoms with E-state index in [4.69, 9.17) is 11.6 Å². The minimum absolute atomic E-state index is 0.0564.